The summed E-state index contributed by atoms with van der Waals surface area (Å²) in [5.41, 5.74) is 3.47. The third-order valence-electron chi connectivity index (χ3n) is 5.64. The van der Waals surface area contributed by atoms with Crippen molar-refractivity contribution in [2.75, 3.05) is 13.1 Å². The highest BCUT2D eigenvalue weighted by Gasteiger charge is 2.32. The molecular formula is C25H25NO2. The Labute approximate surface area is 166 Å². The van der Waals surface area contributed by atoms with Crippen LogP contribution in [0.3, 0.4) is 0 Å². The van der Waals surface area contributed by atoms with E-state index in [9.17, 15) is 9.59 Å². The van der Waals surface area contributed by atoms with Gasteiger partial charge in [0.2, 0.25) is 5.91 Å². The molecule has 0 unspecified atom stereocenters. The summed E-state index contributed by atoms with van der Waals surface area (Å²) in [6.45, 7) is 1.00. The summed E-state index contributed by atoms with van der Waals surface area (Å²) in [5, 5.41) is 0. The van der Waals surface area contributed by atoms with E-state index in [2.05, 4.69) is 0 Å². The molecule has 0 N–H and O–H groups in total. The monoisotopic (exact) mass is 371 g/mol. The summed E-state index contributed by atoms with van der Waals surface area (Å²) >= 11 is 0. The molecule has 1 aliphatic carbocycles. The van der Waals surface area contributed by atoms with E-state index in [1.54, 1.807) is 0 Å². The molecule has 0 radical (unpaired) electrons. The van der Waals surface area contributed by atoms with Crippen molar-refractivity contribution < 1.29 is 9.59 Å². The Morgan fingerprint density at radius 3 is 1.96 bits per heavy atom. The van der Waals surface area contributed by atoms with Crippen molar-refractivity contribution >= 4 is 23.8 Å². The van der Waals surface area contributed by atoms with Crippen molar-refractivity contribution in [1.29, 1.82) is 0 Å². The third-order valence-corrected chi connectivity index (χ3v) is 5.64. The van der Waals surface area contributed by atoms with Crippen LogP contribution in [0.15, 0.2) is 71.8 Å². The first-order chi connectivity index (χ1) is 13.7. The molecule has 1 saturated carbocycles. The predicted octanol–water partition coefficient (Wildman–Crippen LogP) is 4.76. The van der Waals surface area contributed by atoms with Gasteiger partial charge in [0.1, 0.15) is 0 Å². The summed E-state index contributed by atoms with van der Waals surface area (Å²) in [7, 11) is 0. The predicted molar refractivity (Wildman–Crippen MR) is 112 cm³/mol. The molecule has 0 spiro atoms. The zero-order chi connectivity index (χ0) is 19.3. The molecule has 3 nitrogen and oxygen atoms in total. The highest BCUT2D eigenvalue weighted by Crippen LogP contribution is 2.30. The number of amides is 1. The minimum absolute atomic E-state index is 0.0524. The SMILES string of the molecule is O=C1C(=Cc2ccccc2)CCN(C(=O)C2CCC2)CC1=Cc1ccccc1. The number of likely N-dealkylation sites (tertiary alicyclic amines) is 1. The van der Waals surface area contributed by atoms with Gasteiger partial charge in [0.15, 0.2) is 5.78 Å². The standard InChI is InChI=1S/C25H25NO2/c27-24-22(16-19-8-3-1-4-9-19)14-15-26(25(28)21-12-7-13-21)18-23(24)17-20-10-5-2-6-11-20/h1-6,8-11,16-17,21H,7,12-15,18H2. The molecule has 0 atom stereocenters. The second-order valence-corrected chi connectivity index (χ2v) is 7.63. The van der Waals surface area contributed by atoms with Crippen LogP contribution in [-0.2, 0) is 9.59 Å². The van der Waals surface area contributed by atoms with Gasteiger partial charge in [-0.15, -0.1) is 0 Å². The Morgan fingerprint density at radius 2 is 1.43 bits per heavy atom. The average Bonchev–Trinajstić information content (AvgIpc) is 2.82. The minimum Gasteiger partial charge on any atom is -0.338 e. The first kappa shape index (κ1) is 18.4. The molecule has 0 aromatic heterocycles. The maximum Gasteiger partial charge on any atom is 0.225 e. The van der Waals surface area contributed by atoms with Crippen LogP contribution in [0, 0.1) is 5.92 Å². The Morgan fingerprint density at radius 1 is 0.857 bits per heavy atom. The van der Waals surface area contributed by atoms with Crippen LogP contribution >= 0.6 is 0 Å². The van der Waals surface area contributed by atoms with Crippen LogP contribution in [0.4, 0.5) is 0 Å². The highest BCUT2D eigenvalue weighted by atomic mass is 16.2. The molecule has 1 heterocycles. The summed E-state index contributed by atoms with van der Waals surface area (Å²) < 4.78 is 0. The number of carbonyl (C=O) groups is 2. The molecule has 1 amide bonds. The number of rotatable bonds is 3. The largest absolute Gasteiger partial charge is 0.338 e. The van der Waals surface area contributed by atoms with E-state index >= 15 is 0 Å². The molecule has 28 heavy (non-hydrogen) atoms. The van der Waals surface area contributed by atoms with Crippen molar-refractivity contribution in [1.82, 2.24) is 4.90 Å². The van der Waals surface area contributed by atoms with Crippen molar-refractivity contribution in [2.45, 2.75) is 25.7 Å². The maximum atomic E-state index is 13.3. The summed E-state index contributed by atoms with van der Waals surface area (Å²) in [5.74, 6) is 0.406. The highest BCUT2D eigenvalue weighted by molar-refractivity contribution is 6.14. The average molecular weight is 371 g/mol. The maximum absolute atomic E-state index is 13.3. The van der Waals surface area contributed by atoms with Gasteiger partial charge in [-0.3, -0.25) is 9.59 Å². The van der Waals surface area contributed by atoms with Crippen LogP contribution in [0.5, 0.6) is 0 Å². The van der Waals surface area contributed by atoms with Gasteiger partial charge >= 0.3 is 0 Å². The minimum atomic E-state index is 0.0524. The summed E-state index contributed by atoms with van der Waals surface area (Å²) in [6.07, 6.45) is 7.60. The van der Waals surface area contributed by atoms with Crippen molar-refractivity contribution in [2.24, 2.45) is 5.92 Å². The second-order valence-electron chi connectivity index (χ2n) is 7.63. The Balaban J connectivity index is 1.67. The first-order valence-corrected chi connectivity index (χ1v) is 10.1. The van der Waals surface area contributed by atoms with Crippen molar-refractivity contribution in [3.05, 3.63) is 82.9 Å². The topological polar surface area (TPSA) is 37.4 Å². The molecule has 1 aliphatic heterocycles. The number of benzene rings is 2. The van der Waals surface area contributed by atoms with Crippen LogP contribution in [-0.4, -0.2) is 29.7 Å². The molecule has 3 heteroatoms. The van der Waals surface area contributed by atoms with E-state index in [0.29, 0.717) is 25.1 Å². The Kier molecular flexibility index (Phi) is 5.52. The number of nitrogens with zero attached hydrogens (tertiary/aromatic N) is 1. The molecule has 2 aromatic carbocycles. The van der Waals surface area contributed by atoms with Gasteiger partial charge in [-0.2, -0.15) is 0 Å². The van der Waals surface area contributed by atoms with Crippen molar-refractivity contribution in [3.63, 3.8) is 0 Å². The zero-order valence-corrected chi connectivity index (χ0v) is 16.0. The van der Waals surface area contributed by atoms with Crippen LogP contribution in [0.2, 0.25) is 0 Å². The smallest absolute Gasteiger partial charge is 0.225 e. The van der Waals surface area contributed by atoms with Crippen LogP contribution < -0.4 is 0 Å². The van der Waals surface area contributed by atoms with E-state index in [0.717, 1.165) is 36.0 Å². The first-order valence-electron chi connectivity index (χ1n) is 10.1. The molecule has 2 aliphatic rings. The lowest BCUT2D eigenvalue weighted by Crippen LogP contribution is -2.40. The molecular weight excluding hydrogens is 346 g/mol. The number of carbonyl (C=O) groups excluding carboxylic acids is 2. The fourth-order valence-corrected chi connectivity index (χ4v) is 3.78. The zero-order valence-electron chi connectivity index (χ0n) is 16.0. The quantitative estimate of drug-likeness (QED) is 0.730. The third kappa shape index (κ3) is 4.14. The van der Waals surface area contributed by atoms with Gasteiger partial charge in [-0.25, -0.2) is 0 Å². The van der Waals surface area contributed by atoms with Gasteiger partial charge < -0.3 is 4.90 Å². The second kappa shape index (κ2) is 8.39. The molecule has 142 valence electrons. The van der Waals surface area contributed by atoms with E-state index in [1.165, 1.54) is 0 Å². The summed E-state index contributed by atoms with van der Waals surface area (Å²) in [4.78, 5) is 28.1. The van der Waals surface area contributed by atoms with Gasteiger partial charge in [0.25, 0.3) is 0 Å². The fraction of sp³-hybridized carbons (Fsp3) is 0.280. The Bertz CT molecular complexity index is 908. The fourth-order valence-electron chi connectivity index (χ4n) is 3.78. The Hall–Kier alpha value is -2.94. The lowest BCUT2D eigenvalue weighted by molar-refractivity contribution is -0.137. The lowest BCUT2D eigenvalue weighted by Gasteiger charge is -2.31. The van der Waals surface area contributed by atoms with E-state index in [4.69, 9.17) is 0 Å². The van der Waals surface area contributed by atoms with Crippen molar-refractivity contribution in [3.8, 4) is 0 Å². The molecule has 4 rings (SSSR count). The van der Waals surface area contributed by atoms with E-state index in [1.807, 2.05) is 77.7 Å². The number of hydrogen-bond donors (Lipinski definition) is 0. The molecule has 2 fully saturated rings. The lowest BCUT2D eigenvalue weighted by atomic mass is 9.84. The number of hydrogen-bond acceptors (Lipinski definition) is 2. The van der Waals surface area contributed by atoms with Crippen LogP contribution in [0.25, 0.3) is 12.2 Å². The van der Waals surface area contributed by atoms with Gasteiger partial charge in [0.05, 0.1) is 0 Å². The number of Topliss-reactive ketones (excluding diaryl/α,β-unsaturated/α-hetero) is 1. The molecule has 0 bridgehead atoms. The number of ketones is 1. The van der Waals surface area contributed by atoms with E-state index < -0.39 is 0 Å². The van der Waals surface area contributed by atoms with Gasteiger partial charge in [0, 0.05) is 30.2 Å². The molecule has 1 saturated heterocycles. The normalized spacial score (nSPS) is 20.9. The van der Waals surface area contributed by atoms with Gasteiger partial charge in [-0.1, -0.05) is 67.1 Å². The molecule has 2 aromatic rings. The summed E-state index contributed by atoms with van der Waals surface area (Å²) in [6, 6.07) is 19.8. The van der Waals surface area contributed by atoms with Crippen LogP contribution in [0.1, 0.15) is 36.8 Å². The van der Waals surface area contributed by atoms with Gasteiger partial charge in [-0.05, 0) is 42.5 Å². The van der Waals surface area contributed by atoms with E-state index in [-0.39, 0.29) is 17.6 Å².